The fourth-order valence-corrected chi connectivity index (χ4v) is 3.19. The van der Waals surface area contributed by atoms with Crippen molar-refractivity contribution in [3.8, 4) is 5.88 Å². The van der Waals surface area contributed by atoms with Crippen LogP contribution in [0.2, 0.25) is 0 Å². The highest BCUT2D eigenvalue weighted by molar-refractivity contribution is 5.67. The Hall–Kier alpha value is -1.56. The Morgan fingerprint density at radius 1 is 1.18 bits per heavy atom. The van der Waals surface area contributed by atoms with Gasteiger partial charge in [-0.2, -0.15) is 4.98 Å². The molecule has 6 nitrogen and oxygen atoms in total. The molecule has 1 atom stereocenters. The van der Waals surface area contributed by atoms with E-state index in [2.05, 4.69) is 15.3 Å². The van der Waals surface area contributed by atoms with Crippen LogP contribution in [0.5, 0.6) is 5.88 Å². The summed E-state index contributed by atoms with van der Waals surface area (Å²) in [4.78, 5) is 9.11. The maximum atomic E-state index is 6.20. The van der Waals surface area contributed by atoms with Crippen LogP contribution in [-0.2, 0) is 4.74 Å². The normalized spacial score (nSPS) is 22.7. The summed E-state index contributed by atoms with van der Waals surface area (Å²) in [5, 5.41) is 3.50. The molecule has 1 saturated carbocycles. The first-order valence-electron chi connectivity index (χ1n) is 8.46. The Labute approximate surface area is 131 Å². The number of nitrogen functional groups attached to an aromatic ring is 1. The number of hydrogen-bond donors (Lipinski definition) is 2. The number of aromatic nitrogens is 2. The highest BCUT2D eigenvalue weighted by Gasteiger charge is 2.25. The Morgan fingerprint density at radius 2 is 2.00 bits per heavy atom. The largest absolute Gasteiger partial charge is 0.476 e. The van der Waals surface area contributed by atoms with E-state index in [-0.39, 0.29) is 6.10 Å². The van der Waals surface area contributed by atoms with E-state index >= 15 is 0 Å². The van der Waals surface area contributed by atoms with Crippen molar-refractivity contribution in [1.82, 2.24) is 9.97 Å². The van der Waals surface area contributed by atoms with Crippen molar-refractivity contribution >= 4 is 11.5 Å². The van der Waals surface area contributed by atoms with Gasteiger partial charge >= 0.3 is 0 Å². The zero-order valence-corrected chi connectivity index (χ0v) is 13.3. The van der Waals surface area contributed by atoms with Gasteiger partial charge in [-0.25, -0.2) is 4.98 Å². The highest BCUT2D eigenvalue weighted by Crippen LogP contribution is 2.33. The number of rotatable bonds is 5. The molecule has 3 rings (SSSR count). The molecular formula is C16H26N4O2. The van der Waals surface area contributed by atoms with Gasteiger partial charge in [-0.15, -0.1) is 0 Å². The van der Waals surface area contributed by atoms with Crippen molar-refractivity contribution in [3.63, 3.8) is 0 Å². The second kappa shape index (κ2) is 7.13. The lowest BCUT2D eigenvalue weighted by molar-refractivity contribution is 0.104. The molecule has 1 unspecified atom stereocenters. The van der Waals surface area contributed by atoms with Gasteiger partial charge in [0.05, 0.1) is 6.61 Å². The van der Waals surface area contributed by atoms with E-state index in [9.17, 15) is 0 Å². The first kappa shape index (κ1) is 15.3. The highest BCUT2D eigenvalue weighted by atomic mass is 16.5. The van der Waals surface area contributed by atoms with Crippen molar-refractivity contribution < 1.29 is 9.47 Å². The molecule has 0 aromatic carbocycles. The lowest BCUT2D eigenvalue weighted by Crippen LogP contribution is -2.24. The molecule has 6 heteroatoms. The van der Waals surface area contributed by atoms with E-state index in [1.165, 1.54) is 32.1 Å². The minimum absolute atomic E-state index is 0.0355. The van der Waals surface area contributed by atoms with E-state index in [4.69, 9.17) is 15.2 Å². The zero-order valence-electron chi connectivity index (χ0n) is 13.3. The monoisotopic (exact) mass is 306 g/mol. The predicted octanol–water partition coefficient (Wildman–Crippen LogP) is 3.05. The molecule has 0 bridgehead atoms. The number of nitrogens with two attached hydrogens (primary N) is 1. The van der Waals surface area contributed by atoms with Gasteiger partial charge in [0.25, 0.3) is 0 Å². The predicted molar refractivity (Wildman–Crippen MR) is 86.0 cm³/mol. The van der Waals surface area contributed by atoms with Crippen molar-refractivity contribution in [3.05, 3.63) is 5.82 Å². The maximum Gasteiger partial charge on any atom is 0.242 e. The molecule has 0 spiro atoms. The van der Waals surface area contributed by atoms with E-state index < -0.39 is 0 Å². The number of nitrogens with one attached hydrogen (secondary N) is 1. The Kier molecular flexibility index (Phi) is 4.97. The molecule has 1 aromatic heterocycles. The van der Waals surface area contributed by atoms with Gasteiger partial charge in [0.1, 0.15) is 11.8 Å². The van der Waals surface area contributed by atoms with Gasteiger partial charge < -0.3 is 20.5 Å². The second-order valence-corrected chi connectivity index (χ2v) is 6.06. The number of anilines is 2. The molecule has 2 heterocycles. The summed E-state index contributed by atoms with van der Waals surface area (Å²) in [6.45, 7) is 3.24. The summed E-state index contributed by atoms with van der Waals surface area (Å²) in [7, 11) is 0. The summed E-state index contributed by atoms with van der Waals surface area (Å²) >= 11 is 0. The van der Waals surface area contributed by atoms with Crippen LogP contribution in [0.1, 0.15) is 63.8 Å². The van der Waals surface area contributed by atoms with Crippen LogP contribution in [0, 0.1) is 0 Å². The van der Waals surface area contributed by atoms with Crippen molar-refractivity contribution in [2.45, 2.75) is 64.0 Å². The van der Waals surface area contributed by atoms with Crippen LogP contribution in [-0.4, -0.2) is 29.2 Å². The van der Waals surface area contributed by atoms with Crippen molar-refractivity contribution in [2.24, 2.45) is 0 Å². The molecule has 2 aliphatic rings. The Balaban J connectivity index is 1.84. The summed E-state index contributed by atoms with van der Waals surface area (Å²) in [5.41, 5.74) is 6.71. The van der Waals surface area contributed by atoms with Gasteiger partial charge in [-0.1, -0.05) is 19.3 Å². The molecule has 0 radical (unpaired) electrons. The van der Waals surface area contributed by atoms with Crippen molar-refractivity contribution in [2.75, 3.05) is 24.3 Å². The molecule has 122 valence electrons. The number of ether oxygens (including phenoxy) is 2. The first-order valence-corrected chi connectivity index (χ1v) is 8.46. The minimum atomic E-state index is -0.0355. The SMILES string of the molecule is CCOc1nc(C2CCCO2)nc(NC2CCCCC2)c1N. The summed E-state index contributed by atoms with van der Waals surface area (Å²) in [5.74, 6) is 1.87. The molecule has 1 aromatic rings. The molecule has 3 N–H and O–H groups in total. The summed E-state index contributed by atoms with van der Waals surface area (Å²) < 4.78 is 11.3. The molecular weight excluding hydrogens is 280 g/mol. The topological polar surface area (TPSA) is 82.3 Å². The molecule has 22 heavy (non-hydrogen) atoms. The average Bonchev–Trinajstić information content (AvgIpc) is 3.07. The summed E-state index contributed by atoms with van der Waals surface area (Å²) in [6, 6.07) is 0.442. The minimum Gasteiger partial charge on any atom is -0.476 e. The van der Waals surface area contributed by atoms with E-state index in [0.717, 1.165) is 19.4 Å². The quantitative estimate of drug-likeness (QED) is 0.870. The standard InChI is InChI=1S/C16H26N4O2/c1-2-21-16-13(17)15(18-11-7-4-3-5-8-11)19-14(20-16)12-9-6-10-22-12/h11-12H,2-10,17H2,1H3,(H,18,19,20). The number of hydrogen-bond acceptors (Lipinski definition) is 6. The molecule has 2 fully saturated rings. The van der Waals surface area contributed by atoms with E-state index in [1.807, 2.05) is 6.92 Å². The fourth-order valence-electron chi connectivity index (χ4n) is 3.19. The van der Waals surface area contributed by atoms with Crippen LogP contribution in [0.3, 0.4) is 0 Å². The molecule has 1 aliphatic heterocycles. The first-order chi connectivity index (χ1) is 10.8. The van der Waals surface area contributed by atoms with Crippen molar-refractivity contribution in [1.29, 1.82) is 0 Å². The second-order valence-electron chi connectivity index (χ2n) is 6.06. The van der Waals surface area contributed by atoms with Crippen LogP contribution in [0.15, 0.2) is 0 Å². The van der Waals surface area contributed by atoms with Gasteiger partial charge in [-0.05, 0) is 32.6 Å². The lowest BCUT2D eigenvalue weighted by Gasteiger charge is -2.25. The van der Waals surface area contributed by atoms with Crippen LogP contribution in [0.4, 0.5) is 11.5 Å². The van der Waals surface area contributed by atoms with Gasteiger partial charge in [0.2, 0.25) is 5.88 Å². The maximum absolute atomic E-state index is 6.20. The third-order valence-corrected chi connectivity index (χ3v) is 4.37. The van der Waals surface area contributed by atoms with E-state index in [1.54, 1.807) is 0 Å². The lowest BCUT2D eigenvalue weighted by atomic mass is 9.95. The van der Waals surface area contributed by atoms with E-state index in [0.29, 0.717) is 35.9 Å². The van der Waals surface area contributed by atoms with Gasteiger partial charge in [0, 0.05) is 12.6 Å². The molecule has 1 saturated heterocycles. The van der Waals surface area contributed by atoms with Gasteiger partial charge in [0.15, 0.2) is 11.6 Å². The molecule has 1 aliphatic carbocycles. The Morgan fingerprint density at radius 3 is 2.68 bits per heavy atom. The number of nitrogens with zero attached hydrogens (tertiary/aromatic N) is 2. The summed E-state index contributed by atoms with van der Waals surface area (Å²) in [6.07, 6.45) is 8.16. The Bertz CT molecular complexity index is 497. The van der Waals surface area contributed by atoms with Crippen LogP contribution in [0.25, 0.3) is 0 Å². The van der Waals surface area contributed by atoms with Crippen LogP contribution >= 0.6 is 0 Å². The van der Waals surface area contributed by atoms with Gasteiger partial charge in [-0.3, -0.25) is 0 Å². The average molecular weight is 306 g/mol. The molecule has 0 amide bonds. The fraction of sp³-hybridized carbons (Fsp3) is 0.750. The zero-order chi connectivity index (χ0) is 15.4. The smallest absolute Gasteiger partial charge is 0.242 e. The van der Waals surface area contributed by atoms with Crippen LogP contribution < -0.4 is 15.8 Å². The third kappa shape index (κ3) is 3.43. The third-order valence-electron chi connectivity index (χ3n) is 4.37.